The van der Waals surface area contributed by atoms with Gasteiger partial charge in [0.25, 0.3) is 0 Å². The zero-order chi connectivity index (χ0) is 11.5. The van der Waals surface area contributed by atoms with Gasteiger partial charge in [-0.1, -0.05) is 36.5 Å². The molecule has 2 aromatic rings. The number of anilines is 1. The van der Waals surface area contributed by atoms with E-state index < -0.39 is 0 Å². The van der Waals surface area contributed by atoms with Crippen molar-refractivity contribution in [2.75, 3.05) is 11.9 Å². The van der Waals surface area contributed by atoms with Gasteiger partial charge >= 0.3 is 0 Å². The largest absolute Gasteiger partial charge is 0.382 e. The van der Waals surface area contributed by atoms with E-state index in [9.17, 15) is 0 Å². The quantitative estimate of drug-likeness (QED) is 0.850. The second-order valence-electron chi connectivity index (χ2n) is 3.46. The second-order valence-corrected chi connectivity index (χ2v) is 4.80. The van der Waals surface area contributed by atoms with Crippen molar-refractivity contribution in [3.8, 4) is 0 Å². The monoisotopic (exact) mass is 275 g/mol. The maximum absolute atomic E-state index is 6.13. The molecule has 0 saturated heterocycles. The summed E-state index contributed by atoms with van der Waals surface area (Å²) < 4.78 is 8.37. The SMILES string of the molecule is CCCCNc1c(Cl)cc(Cl)c2nsnc12. The maximum atomic E-state index is 6.13. The van der Waals surface area contributed by atoms with Crippen LogP contribution in [-0.2, 0) is 0 Å². The lowest BCUT2D eigenvalue weighted by atomic mass is 10.2. The highest BCUT2D eigenvalue weighted by Crippen LogP contribution is 2.35. The molecule has 0 bridgehead atoms. The zero-order valence-corrected chi connectivity index (χ0v) is 11.1. The molecule has 3 nitrogen and oxygen atoms in total. The van der Waals surface area contributed by atoms with Crippen LogP contribution in [0.4, 0.5) is 5.69 Å². The van der Waals surface area contributed by atoms with Crippen LogP contribution in [0.5, 0.6) is 0 Å². The van der Waals surface area contributed by atoms with Crippen molar-refractivity contribution in [2.45, 2.75) is 19.8 Å². The molecule has 0 aliphatic rings. The smallest absolute Gasteiger partial charge is 0.130 e. The van der Waals surface area contributed by atoms with Crippen LogP contribution in [0, 0.1) is 0 Å². The van der Waals surface area contributed by atoms with Crippen molar-refractivity contribution < 1.29 is 0 Å². The molecule has 0 aliphatic carbocycles. The molecule has 0 saturated carbocycles. The first-order valence-corrected chi connectivity index (χ1v) is 6.56. The molecule has 0 spiro atoms. The molecule has 0 atom stereocenters. The van der Waals surface area contributed by atoms with E-state index in [1.807, 2.05) is 0 Å². The van der Waals surface area contributed by atoms with Gasteiger partial charge in [-0.2, -0.15) is 8.75 Å². The van der Waals surface area contributed by atoms with Crippen LogP contribution in [0.15, 0.2) is 6.07 Å². The molecule has 0 fully saturated rings. The number of nitrogens with one attached hydrogen (secondary N) is 1. The Morgan fingerprint density at radius 1 is 1.25 bits per heavy atom. The van der Waals surface area contributed by atoms with Crippen LogP contribution in [0.3, 0.4) is 0 Å². The number of aromatic nitrogens is 2. The third-order valence-corrected chi connectivity index (χ3v) is 3.39. The first-order valence-electron chi connectivity index (χ1n) is 5.08. The predicted molar refractivity (Wildman–Crippen MR) is 70.8 cm³/mol. The summed E-state index contributed by atoms with van der Waals surface area (Å²) in [4.78, 5) is 0. The van der Waals surface area contributed by atoms with E-state index in [-0.39, 0.29) is 0 Å². The molecular formula is C10H11Cl2N3S. The van der Waals surface area contributed by atoms with Crippen molar-refractivity contribution in [1.29, 1.82) is 0 Å². The van der Waals surface area contributed by atoms with Gasteiger partial charge in [-0.3, -0.25) is 0 Å². The fourth-order valence-electron chi connectivity index (χ4n) is 1.43. The van der Waals surface area contributed by atoms with Gasteiger partial charge in [-0.25, -0.2) is 0 Å². The summed E-state index contributed by atoms with van der Waals surface area (Å²) in [5.74, 6) is 0. The highest BCUT2D eigenvalue weighted by Gasteiger charge is 2.13. The second kappa shape index (κ2) is 5.17. The Balaban J connectivity index is 2.38. The van der Waals surface area contributed by atoms with E-state index >= 15 is 0 Å². The lowest BCUT2D eigenvalue weighted by Gasteiger charge is -2.08. The molecular weight excluding hydrogens is 265 g/mol. The van der Waals surface area contributed by atoms with Crippen LogP contribution in [0.25, 0.3) is 11.0 Å². The number of benzene rings is 1. The molecule has 2 rings (SSSR count). The summed E-state index contributed by atoms with van der Waals surface area (Å²) >= 11 is 13.3. The molecule has 0 amide bonds. The minimum atomic E-state index is 0.551. The summed E-state index contributed by atoms with van der Waals surface area (Å²) in [5, 5.41) is 4.43. The van der Waals surface area contributed by atoms with E-state index in [1.54, 1.807) is 6.07 Å². The van der Waals surface area contributed by atoms with E-state index in [0.717, 1.165) is 47.8 Å². The van der Waals surface area contributed by atoms with Gasteiger partial charge < -0.3 is 5.32 Å². The van der Waals surface area contributed by atoms with Crippen molar-refractivity contribution in [2.24, 2.45) is 0 Å². The van der Waals surface area contributed by atoms with E-state index in [0.29, 0.717) is 10.0 Å². The Morgan fingerprint density at radius 3 is 2.75 bits per heavy atom. The average Bonchev–Trinajstić information content (AvgIpc) is 2.72. The molecule has 0 radical (unpaired) electrons. The first kappa shape index (κ1) is 11.9. The molecule has 16 heavy (non-hydrogen) atoms. The number of halogens is 2. The molecule has 1 aromatic carbocycles. The Bertz CT molecular complexity index is 498. The van der Waals surface area contributed by atoms with E-state index in [4.69, 9.17) is 23.2 Å². The molecule has 1 aromatic heterocycles. The van der Waals surface area contributed by atoms with Crippen LogP contribution < -0.4 is 5.32 Å². The van der Waals surface area contributed by atoms with Crippen molar-refractivity contribution in [3.05, 3.63) is 16.1 Å². The maximum Gasteiger partial charge on any atom is 0.130 e. The zero-order valence-electron chi connectivity index (χ0n) is 8.76. The number of fused-ring (bicyclic) bond motifs is 1. The lowest BCUT2D eigenvalue weighted by Crippen LogP contribution is -2.02. The molecule has 0 unspecified atom stereocenters. The summed E-state index contributed by atoms with van der Waals surface area (Å²) in [7, 11) is 0. The van der Waals surface area contributed by atoms with Gasteiger partial charge in [0.2, 0.25) is 0 Å². The van der Waals surface area contributed by atoms with Gasteiger partial charge in [0, 0.05) is 6.54 Å². The molecule has 0 aliphatic heterocycles. The summed E-state index contributed by atoms with van der Waals surface area (Å²) in [6.45, 7) is 3.02. The lowest BCUT2D eigenvalue weighted by molar-refractivity contribution is 0.835. The van der Waals surface area contributed by atoms with Gasteiger partial charge in [0.05, 0.1) is 27.5 Å². The molecule has 6 heteroatoms. The van der Waals surface area contributed by atoms with Crippen molar-refractivity contribution >= 4 is 51.7 Å². The Hall–Kier alpha value is -0.580. The summed E-state index contributed by atoms with van der Waals surface area (Å²) in [6, 6.07) is 1.71. The summed E-state index contributed by atoms with van der Waals surface area (Å²) in [6.07, 6.45) is 2.23. The predicted octanol–water partition coefficient (Wildman–Crippen LogP) is 4.21. The third-order valence-electron chi connectivity index (χ3n) is 2.28. The molecule has 1 N–H and O–H groups in total. The minimum absolute atomic E-state index is 0.551. The number of hydrogen-bond donors (Lipinski definition) is 1. The minimum Gasteiger partial charge on any atom is -0.382 e. The number of nitrogens with zero attached hydrogens (tertiary/aromatic N) is 2. The van der Waals surface area contributed by atoms with Crippen molar-refractivity contribution in [1.82, 2.24) is 8.75 Å². The topological polar surface area (TPSA) is 37.8 Å². The fraction of sp³-hybridized carbons (Fsp3) is 0.400. The molecule has 1 heterocycles. The van der Waals surface area contributed by atoms with Crippen LogP contribution in [0.2, 0.25) is 10.0 Å². The number of rotatable bonds is 4. The number of hydrogen-bond acceptors (Lipinski definition) is 4. The standard InChI is InChI=1S/C10H11Cl2N3S/c1-2-3-4-13-8-6(11)5-7(12)9-10(8)15-16-14-9/h5,13H,2-4H2,1H3. The molecule has 86 valence electrons. The van der Waals surface area contributed by atoms with Crippen LogP contribution >= 0.6 is 34.9 Å². The van der Waals surface area contributed by atoms with E-state index in [1.165, 1.54) is 0 Å². The van der Waals surface area contributed by atoms with Gasteiger partial charge in [-0.05, 0) is 12.5 Å². The van der Waals surface area contributed by atoms with Gasteiger partial charge in [0.15, 0.2) is 0 Å². The first-order chi connectivity index (χ1) is 7.74. The Kier molecular flexibility index (Phi) is 3.84. The van der Waals surface area contributed by atoms with Crippen LogP contribution in [-0.4, -0.2) is 15.3 Å². The fourth-order valence-corrected chi connectivity index (χ4v) is 2.61. The van der Waals surface area contributed by atoms with E-state index in [2.05, 4.69) is 21.0 Å². The third kappa shape index (κ3) is 2.24. The van der Waals surface area contributed by atoms with Crippen LogP contribution in [0.1, 0.15) is 19.8 Å². The average molecular weight is 276 g/mol. The highest BCUT2D eigenvalue weighted by molar-refractivity contribution is 7.00. The Labute approximate surface area is 108 Å². The Morgan fingerprint density at radius 2 is 2.00 bits per heavy atom. The number of unbranched alkanes of at least 4 members (excludes halogenated alkanes) is 1. The normalized spacial score (nSPS) is 10.9. The highest BCUT2D eigenvalue weighted by atomic mass is 35.5. The summed E-state index contributed by atoms with van der Waals surface area (Å²) in [5.41, 5.74) is 2.32. The van der Waals surface area contributed by atoms with Gasteiger partial charge in [0.1, 0.15) is 11.0 Å². The van der Waals surface area contributed by atoms with Gasteiger partial charge in [-0.15, -0.1) is 0 Å². The van der Waals surface area contributed by atoms with Crippen molar-refractivity contribution in [3.63, 3.8) is 0 Å².